The first kappa shape index (κ1) is 15.7. The molecule has 1 aromatic carbocycles. The number of halogens is 1. The van der Waals surface area contributed by atoms with Crippen molar-refractivity contribution in [3.63, 3.8) is 0 Å². The third-order valence-electron chi connectivity index (χ3n) is 3.84. The van der Waals surface area contributed by atoms with Crippen molar-refractivity contribution in [2.45, 2.75) is 31.7 Å². The molecule has 1 amide bonds. The average molecular weight is 295 g/mol. The van der Waals surface area contributed by atoms with Gasteiger partial charge in [0.05, 0.1) is 12.3 Å². The van der Waals surface area contributed by atoms with Crippen molar-refractivity contribution < 1.29 is 14.3 Å². The Bertz CT molecular complexity index is 496. The lowest BCUT2D eigenvalue weighted by molar-refractivity contribution is -0.116. The van der Waals surface area contributed by atoms with Gasteiger partial charge in [0, 0.05) is 18.2 Å². The minimum atomic E-state index is -0.489. The zero-order valence-electron chi connectivity index (χ0n) is 12.0. The summed E-state index contributed by atoms with van der Waals surface area (Å²) in [7, 11) is 0. The predicted molar refractivity (Wildman–Crippen MR) is 80.4 cm³/mol. The number of anilines is 2. The van der Waals surface area contributed by atoms with Crippen LogP contribution in [0.15, 0.2) is 18.2 Å². The number of amides is 1. The lowest BCUT2D eigenvalue weighted by atomic mass is 10.2. The molecule has 0 aromatic heterocycles. The van der Waals surface area contributed by atoms with Gasteiger partial charge in [0.1, 0.15) is 5.82 Å². The molecule has 2 rings (SSSR count). The first-order valence-corrected chi connectivity index (χ1v) is 7.30. The Morgan fingerprint density at radius 1 is 1.52 bits per heavy atom. The summed E-state index contributed by atoms with van der Waals surface area (Å²) in [6.07, 6.45) is 3.26. The Morgan fingerprint density at radius 3 is 3.05 bits per heavy atom. The van der Waals surface area contributed by atoms with Crippen LogP contribution in [0.5, 0.6) is 0 Å². The molecule has 1 heterocycles. The summed E-state index contributed by atoms with van der Waals surface area (Å²) in [4.78, 5) is 14.0. The van der Waals surface area contributed by atoms with E-state index in [1.165, 1.54) is 18.2 Å². The number of hydrogen-bond acceptors (Lipinski definition) is 4. The van der Waals surface area contributed by atoms with Crippen molar-refractivity contribution in [2.24, 2.45) is 0 Å². The molecule has 0 spiro atoms. The van der Waals surface area contributed by atoms with Crippen LogP contribution in [0, 0.1) is 5.82 Å². The Balaban J connectivity index is 1.73. The van der Waals surface area contributed by atoms with Crippen molar-refractivity contribution >= 4 is 17.3 Å². The zero-order chi connectivity index (χ0) is 15.2. The second-order valence-corrected chi connectivity index (χ2v) is 5.40. The minimum Gasteiger partial charge on any atom is -0.396 e. The predicted octanol–water partition coefficient (Wildman–Crippen LogP) is 1.58. The van der Waals surface area contributed by atoms with Gasteiger partial charge in [0.2, 0.25) is 5.91 Å². The number of carbonyl (C=O) groups is 1. The molecule has 116 valence electrons. The fraction of sp³-hybridized carbons (Fsp3) is 0.533. The molecule has 1 aromatic rings. The normalized spacial score (nSPS) is 18.9. The molecule has 21 heavy (non-hydrogen) atoms. The largest absolute Gasteiger partial charge is 0.396 e. The lowest BCUT2D eigenvalue weighted by Gasteiger charge is -2.22. The van der Waals surface area contributed by atoms with Crippen molar-refractivity contribution in [1.82, 2.24) is 4.90 Å². The van der Waals surface area contributed by atoms with Crippen LogP contribution in [0.1, 0.15) is 25.7 Å². The van der Waals surface area contributed by atoms with Gasteiger partial charge < -0.3 is 16.2 Å². The summed E-state index contributed by atoms with van der Waals surface area (Å²) in [5.74, 6) is -0.599. The number of rotatable bonds is 6. The second-order valence-electron chi connectivity index (χ2n) is 5.40. The van der Waals surface area contributed by atoms with Gasteiger partial charge in [0.15, 0.2) is 0 Å². The molecule has 5 nitrogen and oxygen atoms in total. The number of nitrogens with two attached hydrogens (primary N) is 1. The molecular weight excluding hydrogens is 273 g/mol. The van der Waals surface area contributed by atoms with Crippen LogP contribution in [-0.2, 0) is 4.79 Å². The standard InChI is InChI=1S/C15H22FN3O2/c16-13-6-5-11(9-14(13)17)18-15(21)4-2-8-19-7-1-3-12(19)10-20/h5-6,9,12,20H,1-4,7-8,10,17H2,(H,18,21). The van der Waals surface area contributed by atoms with E-state index in [0.717, 1.165) is 32.4 Å². The quantitative estimate of drug-likeness (QED) is 0.696. The first-order chi connectivity index (χ1) is 10.1. The Kier molecular flexibility index (Phi) is 5.52. The van der Waals surface area contributed by atoms with Crippen LogP contribution in [0.3, 0.4) is 0 Å². The topological polar surface area (TPSA) is 78.6 Å². The molecular formula is C15H22FN3O2. The molecule has 0 aliphatic carbocycles. The van der Waals surface area contributed by atoms with Crippen molar-refractivity contribution in [2.75, 3.05) is 30.7 Å². The van der Waals surface area contributed by atoms with E-state index in [2.05, 4.69) is 10.2 Å². The lowest BCUT2D eigenvalue weighted by Crippen LogP contribution is -2.33. The maximum absolute atomic E-state index is 13.0. The van der Waals surface area contributed by atoms with E-state index in [1.54, 1.807) is 0 Å². The SMILES string of the molecule is Nc1cc(NC(=O)CCCN2CCCC2CO)ccc1F. The van der Waals surface area contributed by atoms with Crippen LogP contribution in [0.4, 0.5) is 15.8 Å². The number of nitrogens with zero attached hydrogens (tertiary/aromatic N) is 1. The molecule has 4 N–H and O–H groups in total. The van der Waals surface area contributed by atoms with E-state index < -0.39 is 5.82 Å². The summed E-state index contributed by atoms with van der Waals surface area (Å²) in [5, 5.41) is 11.9. The molecule has 0 bridgehead atoms. The summed E-state index contributed by atoms with van der Waals surface area (Å²) in [5.41, 5.74) is 5.98. The van der Waals surface area contributed by atoms with Crippen LogP contribution < -0.4 is 11.1 Å². The smallest absolute Gasteiger partial charge is 0.224 e. The average Bonchev–Trinajstić information content (AvgIpc) is 2.90. The number of likely N-dealkylation sites (tertiary alicyclic amines) is 1. The Hall–Kier alpha value is -1.66. The summed E-state index contributed by atoms with van der Waals surface area (Å²) in [6.45, 7) is 1.98. The summed E-state index contributed by atoms with van der Waals surface area (Å²) < 4.78 is 13.0. The Labute approximate surface area is 123 Å². The van der Waals surface area contributed by atoms with Crippen molar-refractivity contribution in [3.8, 4) is 0 Å². The number of nitrogens with one attached hydrogen (secondary N) is 1. The van der Waals surface area contributed by atoms with E-state index in [4.69, 9.17) is 5.73 Å². The number of carbonyl (C=O) groups excluding carboxylic acids is 1. The molecule has 1 unspecified atom stereocenters. The number of aliphatic hydroxyl groups is 1. The second kappa shape index (κ2) is 7.38. The van der Waals surface area contributed by atoms with Gasteiger partial charge in [-0.15, -0.1) is 0 Å². The molecule has 0 saturated carbocycles. The minimum absolute atomic E-state index is 0.0238. The molecule has 0 radical (unpaired) electrons. The van der Waals surface area contributed by atoms with E-state index in [0.29, 0.717) is 12.1 Å². The third-order valence-corrected chi connectivity index (χ3v) is 3.84. The highest BCUT2D eigenvalue weighted by atomic mass is 19.1. The maximum Gasteiger partial charge on any atom is 0.224 e. The van der Waals surface area contributed by atoms with Gasteiger partial charge in [-0.3, -0.25) is 9.69 Å². The van der Waals surface area contributed by atoms with E-state index in [-0.39, 0.29) is 24.2 Å². The van der Waals surface area contributed by atoms with Gasteiger partial charge in [-0.2, -0.15) is 0 Å². The van der Waals surface area contributed by atoms with Crippen LogP contribution >= 0.6 is 0 Å². The number of nitrogen functional groups attached to an aromatic ring is 1. The molecule has 6 heteroatoms. The molecule has 1 aliphatic rings. The third kappa shape index (κ3) is 4.41. The van der Waals surface area contributed by atoms with Gasteiger partial charge in [-0.1, -0.05) is 0 Å². The molecule has 1 aliphatic heterocycles. The molecule has 1 saturated heterocycles. The summed E-state index contributed by atoms with van der Waals surface area (Å²) in [6, 6.07) is 4.38. The Morgan fingerprint density at radius 2 is 2.33 bits per heavy atom. The zero-order valence-corrected chi connectivity index (χ0v) is 12.0. The van der Waals surface area contributed by atoms with E-state index >= 15 is 0 Å². The van der Waals surface area contributed by atoms with Crippen LogP contribution in [-0.4, -0.2) is 41.7 Å². The monoisotopic (exact) mass is 295 g/mol. The van der Waals surface area contributed by atoms with Crippen molar-refractivity contribution in [1.29, 1.82) is 0 Å². The van der Waals surface area contributed by atoms with Crippen molar-refractivity contribution in [3.05, 3.63) is 24.0 Å². The summed E-state index contributed by atoms with van der Waals surface area (Å²) >= 11 is 0. The van der Waals surface area contributed by atoms with Gasteiger partial charge in [-0.25, -0.2) is 4.39 Å². The fourth-order valence-electron chi connectivity index (χ4n) is 2.68. The van der Waals surface area contributed by atoms with Crippen LogP contribution in [0.2, 0.25) is 0 Å². The fourth-order valence-corrected chi connectivity index (χ4v) is 2.68. The van der Waals surface area contributed by atoms with E-state index in [1.807, 2.05) is 0 Å². The number of hydrogen-bond donors (Lipinski definition) is 3. The maximum atomic E-state index is 13.0. The van der Waals surface area contributed by atoms with Gasteiger partial charge in [0.25, 0.3) is 0 Å². The number of aliphatic hydroxyl groups excluding tert-OH is 1. The molecule has 1 atom stereocenters. The van der Waals surface area contributed by atoms with Gasteiger partial charge >= 0.3 is 0 Å². The highest BCUT2D eigenvalue weighted by Gasteiger charge is 2.22. The highest BCUT2D eigenvalue weighted by molar-refractivity contribution is 5.91. The highest BCUT2D eigenvalue weighted by Crippen LogP contribution is 2.18. The van der Waals surface area contributed by atoms with Crippen LogP contribution in [0.25, 0.3) is 0 Å². The first-order valence-electron chi connectivity index (χ1n) is 7.30. The van der Waals surface area contributed by atoms with E-state index in [9.17, 15) is 14.3 Å². The van der Waals surface area contributed by atoms with Gasteiger partial charge in [-0.05, 0) is 50.6 Å². The number of benzene rings is 1. The molecule has 1 fully saturated rings.